The maximum atomic E-state index is 12.6. The van der Waals surface area contributed by atoms with Gasteiger partial charge in [-0.2, -0.15) is 0 Å². The molecule has 0 saturated heterocycles. The van der Waals surface area contributed by atoms with Crippen LogP contribution < -0.4 is 0 Å². The van der Waals surface area contributed by atoms with Crippen molar-refractivity contribution in [3.8, 4) is 11.4 Å². The minimum Gasteiger partial charge on any atom is -0.262 e. The first-order valence-electron chi connectivity index (χ1n) is 4.52. The van der Waals surface area contributed by atoms with Gasteiger partial charge in [0, 0.05) is 29.8 Å². The number of hydrogen-bond donors (Lipinski definition) is 0. The maximum Gasteiger partial charge on any atom is 0.490 e. The molecule has 0 radical (unpaired) electrons. The van der Waals surface area contributed by atoms with E-state index in [0.717, 1.165) is 12.4 Å². The summed E-state index contributed by atoms with van der Waals surface area (Å²) in [6, 6.07) is 3.06. The Hall–Kier alpha value is -1.85. The number of pyridine rings is 1. The number of halogens is 3. The summed E-state index contributed by atoms with van der Waals surface area (Å²) < 4.78 is 37.9. The molecule has 6 heteroatoms. The smallest absolute Gasteiger partial charge is 0.262 e. The van der Waals surface area contributed by atoms with E-state index in [0.29, 0.717) is 11.3 Å². The summed E-state index contributed by atoms with van der Waals surface area (Å²) in [6.07, 6.45) is -0.979. The Kier molecular flexibility index (Phi) is 2.41. The van der Waals surface area contributed by atoms with Gasteiger partial charge in [0.15, 0.2) is 0 Å². The Morgan fingerprint density at radius 3 is 2.56 bits per heavy atom. The Morgan fingerprint density at radius 1 is 1.19 bits per heavy atom. The number of imidazole rings is 1. The molecule has 0 N–H and O–H groups in total. The highest BCUT2D eigenvalue weighted by Crippen LogP contribution is 2.28. The first kappa shape index (κ1) is 10.7. The predicted molar refractivity (Wildman–Crippen MR) is 51.5 cm³/mol. The predicted octanol–water partition coefficient (Wildman–Crippen LogP) is 2.73. The summed E-state index contributed by atoms with van der Waals surface area (Å²) >= 11 is 0. The first-order valence-corrected chi connectivity index (χ1v) is 4.52. The molecule has 0 atom stereocenters. The van der Waals surface area contributed by atoms with Crippen LogP contribution in [-0.4, -0.2) is 14.5 Å². The summed E-state index contributed by atoms with van der Waals surface area (Å²) in [6.45, 7) is 1.71. The molecule has 0 saturated carbocycles. The summed E-state index contributed by atoms with van der Waals surface area (Å²) in [5.41, 5.74) is 1.05. The van der Waals surface area contributed by atoms with Crippen LogP contribution in [0.1, 0.15) is 5.69 Å². The fourth-order valence-corrected chi connectivity index (χ4v) is 1.41. The fraction of sp³-hybridized carbons (Fsp3) is 0.200. The molecule has 2 rings (SSSR count). The lowest BCUT2D eigenvalue weighted by atomic mass is 10.2. The summed E-state index contributed by atoms with van der Waals surface area (Å²) in [4.78, 5) is 7.63. The number of nitrogens with zero attached hydrogens (tertiary/aromatic N) is 3. The molecule has 0 amide bonds. The molecule has 2 heterocycles. The van der Waals surface area contributed by atoms with Gasteiger partial charge in [-0.25, -0.2) is 9.55 Å². The molecule has 3 nitrogen and oxygen atoms in total. The molecule has 0 aliphatic carbocycles. The van der Waals surface area contributed by atoms with Crippen molar-refractivity contribution in [1.82, 2.24) is 14.5 Å². The topological polar surface area (TPSA) is 30.7 Å². The number of hydrogen-bond acceptors (Lipinski definition) is 2. The quantitative estimate of drug-likeness (QED) is 0.749. The van der Waals surface area contributed by atoms with Crippen LogP contribution in [0.15, 0.2) is 30.7 Å². The Balaban J connectivity index is 2.53. The van der Waals surface area contributed by atoms with Crippen molar-refractivity contribution < 1.29 is 13.2 Å². The minimum absolute atomic E-state index is 0.127. The molecule has 0 spiro atoms. The molecule has 0 fully saturated rings. The Bertz CT molecular complexity index is 502. The van der Waals surface area contributed by atoms with Gasteiger partial charge in [-0.05, 0) is 19.1 Å². The van der Waals surface area contributed by atoms with E-state index in [1.54, 1.807) is 13.0 Å². The van der Waals surface area contributed by atoms with Crippen LogP contribution in [0, 0.1) is 6.92 Å². The van der Waals surface area contributed by atoms with E-state index in [4.69, 9.17) is 0 Å². The van der Waals surface area contributed by atoms with Gasteiger partial charge in [0.2, 0.25) is 0 Å². The van der Waals surface area contributed by atoms with Crippen molar-refractivity contribution in [1.29, 1.82) is 0 Å². The minimum atomic E-state index is -4.46. The van der Waals surface area contributed by atoms with Gasteiger partial charge in [0.25, 0.3) is 0 Å². The highest BCUT2D eigenvalue weighted by Gasteiger charge is 2.33. The normalized spacial score (nSPS) is 11.8. The van der Waals surface area contributed by atoms with E-state index in [-0.39, 0.29) is 10.4 Å². The van der Waals surface area contributed by atoms with Crippen molar-refractivity contribution in [3.05, 3.63) is 36.4 Å². The van der Waals surface area contributed by atoms with E-state index < -0.39 is 6.30 Å². The Labute approximate surface area is 89.6 Å². The second-order valence-electron chi connectivity index (χ2n) is 3.27. The third kappa shape index (κ3) is 1.91. The summed E-state index contributed by atoms with van der Waals surface area (Å²) in [5.74, 6) is -0.127. The van der Waals surface area contributed by atoms with Crippen molar-refractivity contribution in [2.24, 2.45) is 0 Å². The zero-order chi connectivity index (χ0) is 11.8. The molecule has 16 heavy (non-hydrogen) atoms. The summed E-state index contributed by atoms with van der Waals surface area (Å²) in [7, 11) is 0. The first-order chi connectivity index (χ1) is 7.48. The second-order valence-corrected chi connectivity index (χ2v) is 3.27. The van der Waals surface area contributed by atoms with Crippen molar-refractivity contribution in [3.63, 3.8) is 0 Å². The lowest BCUT2D eigenvalue weighted by molar-refractivity contribution is -0.202. The Morgan fingerprint density at radius 2 is 1.94 bits per heavy atom. The van der Waals surface area contributed by atoms with Gasteiger partial charge in [0.05, 0.1) is 0 Å². The molecule has 84 valence electrons. The highest BCUT2D eigenvalue weighted by atomic mass is 19.4. The van der Waals surface area contributed by atoms with Gasteiger partial charge in [-0.15, -0.1) is 13.2 Å². The monoisotopic (exact) mass is 227 g/mol. The second kappa shape index (κ2) is 3.62. The average Bonchev–Trinajstić information content (AvgIpc) is 2.65. The zero-order valence-corrected chi connectivity index (χ0v) is 8.36. The lowest BCUT2D eigenvalue weighted by Crippen LogP contribution is -2.16. The van der Waals surface area contributed by atoms with Crippen LogP contribution in [0.5, 0.6) is 0 Å². The van der Waals surface area contributed by atoms with E-state index in [1.807, 2.05) is 0 Å². The molecular formula is C10H8F3N3. The van der Waals surface area contributed by atoms with Crippen molar-refractivity contribution in [2.75, 3.05) is 0 Å². The van der Waals surface area contributed by atoms with Crippen molar-refractivity contribution in [2.45, 2.75) is 13.2 Å². The molecule has 2 aromatic heterocycles. The zero-order valence-electron chi connectivity index (χ0n) is 8.36. The van der Waals surface area contributed by atoms with Crippen LogP contribution >= 0.6 is 0 Å². The molecule has 2 aromatic rings. The van der Waals surface area contributed by atoms with Crippen molar-refractivity contribution >= 4 is 0 Å². The van der Waals surface area contributed by atoms with Crippen LogP contribution in [0.3, 0.4) is 0 Å². The van der Waals surface area contributed by atoms with Gasteiger partial charge >= 0.3 is 6.30 Å². The SMILES string of the molecule is Cc1cc(-c2nccn2C(F)(F)F)ccn1. The standard InChI is InChI=1S/C10H8F3N3/c1-7-6-8(2-3-14-7)9-15-4-5-16(9)10(11,12)13/h2-6H,1H3. The van der Waals surface area contributed by atoms with Gasteiger partial charge in [0.1, 0.15) is 5.82 Å². The maximum absolute atomic E-state index is 12.6. The highest BCUT2D eigenvalue weighted by molar-refractivity contribution is 5.55. The van der Waals surface area contributed by atoms with Crippen LogP contribution in [0.25, 0.3) is 11.4 Å². The number of aromatic nitrogens is 3. The largest absolute Gasteiger partial charge is 0.490 e. The third-order valence-corrected chi connectivity index (χ3v) is 2.07. The molecule has 0 aromatic carbocycles. The third-order valence-electron chi connectivity index (χ3n) is 2.07. The lowest BCUT2D eigenvalue weighted by Gasteiger charge is -2.11. The average molecular weight is 227 g/mol. The van der Waals surface area contributed by atoms with E-state index in [1.165, 1.54) is 12.3 Å². The molecular weight excluding hydrogens is 219 g/mol. The summed E-state index contributed by atoms with van der Waals surface area (Å²) in [5, 5.41) is 0. The fourth-order valence-electron chi connectivity index (χ4n) is 1.41. The number of aryl methyl sites for hydroxylation is 1. The number of alkyl halides is 3. The number of rotatable bonds is 1. The van der Waals surface area contributed by atoms with E-state index in [9.17, 15) is 13.2 Å². The van der Waals surface area contributed by atoms with Gasteiger partial charge < -0.3 is 0 Å². The van der Waals surface area contributed by atoms with Gasteiger partial charge in [-0.1, -0.05) is 0 Å². The molecule has 0 aliphatic rings. The molecule has 0 unspecified atom stereocenters. The van der Waals surface area contributed by atoms with Crippen LogP contribution in [0.4, 0.5) is 13.2 Å². The molecule has 0 bridgehead atoms. The molecule has 0 aliphatic heterocycles. The van der Waals surface area contributed by atoms with Crippen LogP contribution in [0.2, 0.25) is 0 Å². The van der Waals surface area contributed by atoms with Crippen LogP contribution in [-0.2, 0) is 6.30 Å². The van der Waals surface area contributed by atoms with E-state index >= 15 is 0 Å². The van der Waals surface area contributed by atoms with E-state index in [2.05, 4.69) is 9.97 Å². The van der Waals surface area contributed by atoms with Gasteiger partial charge in [-0.3, -0.25) is 4.98 Å².